The molecular formula is C32H39BF4N2O2. The molecule has 0 spiro atoms. The topological polar surface area (TPSA) is 36.6 Å². The number of aryl methyl sites for hydroxylation is 1. The minimum absolute atomic E-state index is 0.0937. The Morgan fingerprint density at radius 3 is 2.32 bits per heavy atom. The van der Waals surface area contributed by atoms with Gasteiger partial charge in [-0.1, -0.05) is 51.1 Å². The molecule has 41 heavy (non-hydrogen) atoms. The van der Waals surface area contributed by atoms with E-state index in [4.69, 9.17) is 4.74 Å². The highest BCUT2D eigenvalue weighted by molar-refractivity contribution is 6.50. The van der Waals surface area contributed by atoms with E-state index in [0.29, 0.717) is 0 Å². The fourth-order valence-corrected chi connectivity index (χ4v) is 4.64. The van der Waals surface area contributed by atoms with E-state index >= 15 is 0 Å². The monoisotopic (exact) mass is 570 g/mol. The van der Waals surface area contributed by atoms with Crippen LogP contribution in [-0.4, -0.2) is 32.1 Å². The summed E-state index contributed by atoms with van der Waals surface area (Å²) in [7, 11) is -6.00. The van der Waals surface area contributed by atoms with Crippen molar-refractivity contribution in [2.75, 3.05) is 24.6 Å². The SMILES string of the molecule is CCN(CC)c1ccc2c(c1)OC(C(C)(C)C)=CC2=CC=Cc1cc[n+](CCCO)c2ccccc12.F[B-](F)(F)F. The number of nitrogens with zero attached hydrogens (tertiary/aromatic N) is 2. The van der Waals surface area contributed by atoms with Crippen LogP contribution in [0.15, 0.2) is 78.7 Å². The van der Waals surface area contributed by atoms with E-state index in [1.54, 1.807) is 0 Å². The summed E-state index contributed by atoms with van der Waals surface area (Å²) >= 11 is 0. The maximum Gasteiger partial charge on any atom is 0.673 e. The molecule has 4 nitrogen and oxygen atoms in total. The predicted molar refractivity (Wildman–Crippen MR) is 161 cm³/mol. The molecule has 0 saturated carbocycles. The number of para-hydroxylation sites is 1. The smallest absolute Gasteiger partial charge is 0.460 e. The summed E-state index contributed by atoms with van der Waals surface area (Å²) in [6, 6.07) is 17.1. The van der Waals surface area contributed by atoms with E-state index in [1.807, 2.05) is 0 Å². The number of halogens is 4. The second-order valence-electron chi connectivity index (χ2n) is 10.7. The van der Waals surface area contributed by atoms with Crippen LogP contribution in [0.25, 0.3) is 22.6 Å². The van der Waals surface area contributed by atoms with Crippen molar-refractivity contribution in [1.82, 2.24) is 0 Å². The summed E-state index contributed by atoms with van der Waals surface area (Å²) in [4.78, 5) is 2.34. The van der Waals surface area contributed by atoms with E-state index in [0.717, 1.165) is 48.7 Å². The summed E-state index contributed by atoms with van der Waals surface area (Å²) in [5.41, 5.74) is 5.71. The fourth-order valence-electron chi connectivity index (χ4n) is 4.64. The molecule has 3 aromatic rings. The zero-order chi connectivity index (χ0) is 30.2. The third kappa shape index (κ3) is 8.95. The number of aliphatic hydroxyl groups excluding tert-OH is 1. The van der Waals surface area contributed by atoms with Crippen LogP contribution >= 0.6 is 0 Å². The molecule has 0 saturated heterocycles. The lowest BCUT2D eigenvalue weighted by Gasteiger charge is -2.30. The maximum atomic E-state index is 9.75. The highest BCUT2D eigenvalue weighted by Gasteiger charge is 2.26. The molecule has 1 N–H and O–H groups in total. The molecule has 4 rings (SSSR count). The molecule has 0 aliphatic carbocycles. The zero-order valence-electron chi connectivity index (χ0n) is 24.4. The number of ether oxygens (including phenoxy) is 1. The van der Waals surface area contributed by atoms with Crippen molar-refractivity contribution in [1.29, 1.82) is 0 Å². The van der Waals surface area contributed by atoms with Crippen molar-refractivity contribution in [3.05, 3.63) is 89.8 Å². The van der Waals surface area contributed by atoms with Crippen molar-refractivity contribution in [2.24, 2.45) is 5.41 Å². The van der Waals surface area contributed by atoms with Crippen molar-refractivity contribution in [3.63, 3.8) is 0 Å². The van der Waals surface area contributed by atoms with Crippen molar-refractivity contribution in [3.8, 4) is 5.75 Å². The van der Waals surface area contributed by atoms with E-state index < -0.39 is 7.25 Å². The number of aromatic nitrogens is 1. The fraction of sp³-hybridized carbons (Fsp3) is 0.344. The number of anilines is 1. The predicted octanol–water partition coefficient (Wildman–Crippen LogP) is 8.08. The first-order chi connectivity index (χ1) is 19.4. The van der Waals surface area contributed by atoms with E-state index in [1.165, 1.54) is 22.2 Å². The lowest BCUT2D eigenvalue weighted by molar-refractivity contribution is -0.672. The summed E-state index contributed by atoms with van der Waals surface area (Å²) in [6.07, 6.45) is 11.5. The number of fused-ring (bicyclic) bond motifs is 2. The average Bonchev–Trinajstić information content (AvgIpc) is 2.91. The van der Waals surface area contributed by atoms with Gasteiger partial charge in [-0.2, -0.15) is 4.57 Å². The third-order valence-electron chi connectivity index (χ3n) is 6.72. The lowest BCUT2D eigenvalue weighted by Crippen LogP contribution is -2.34. The number of hydrogen-bond donors (Lipinski definition) is 1. The van der Waals surface area contributed by atoms with E-state index in [9.17, 15) is 22.4 Å². The summed E-state index contributed by atoms with van der Waals surface area (Å²) < 4.78 is 47.6. The molecule has 0 unspecified atom stereocenters. The van der Waals surface area contributed by atoms with Crippen LogP contribution in [0.2, 0.25) is 0 Å². The molecule has 0 atom stereocenters. The van der Waals surface area contributed by atoms with Gasteiger partial charge in [0.05, 0.1) is 5.39 Å². The van der Waals surface area contributed by atoms with Gasteiger partial charge in [-0.3, -0.25) is 0 Å². The largest absolute Gasteiger partial charge is 0.673 e. The first-order valence-electron chi connectivity index (χ1n) is 13.9. The Hall–Kier alpha value is -3.59. The van der Waals surface area contributed by atoms with Gasteiger partial charge >= 0.3 is 7.25 Å². The Morgan fingerprint density at radius 1 is 1.00 bits per heavy atom. The highest BCUT2D eigenvalue weighted by atomic mass is 19.5. The Morgan fingerprint density at radius 2 is 1.68 bits per heavy atom. The highest BCUT2D eigenvalue weighted by Crippen LogP contribution is 2.41. The van der Waals surface area contributed by atoms with Gasteiger partial charge in [0.1, 0.15) is 11.5 Å². The molecule has 0 fully saturated rings. The Kier molecular flexibility index (Phi) is 10.8. The van der Waals surface area contributed by atoms with E-state index in [-0.39, 0.29) is 12.0 Å². The number of pyridine rings is 1. The van der Waals surface area contributed by atoms with E-state index in [2.05, 4.69) is 123 Å². The average molecular weight is 570 g/mol. The Bertz CT molecular complexity index is 1420. The molecule has 1 aromatic heterocycles. The zero-order valence-corrected chi connectivity index (χ0v) is 24.4. The van der Waals surface area contributed by atoms with Gasteiger partial charge < -0.3 is 32.0 Å². The van der Waals surface area contributed by atoms with Gasteiger partial charge in [0.15, 0.2) is 12.7 Å². The molecule has 9 heteroatoms. The summed E-state index contributed by atoms with van der Waals surface area (Å²) in [5, 5.41) is 10.5. The van der Waals surface area contributed by atoms with Crippen molar-refractivity contribution >= 4 is 35.5 Å². The van der Waals surface area contributed by atoms with Gasteiger partial charge in [-0.15, -0.1) is 0 Å². The number of aliphatic hydroxyl groups is 1. The van der Waals surface area contributed by atoms with Gasteiger partial charge in [-0.25, -0.2) is 0 Å². The Balaban J connectivity index is 0.000000850. The molecule has 220 valence electrons. The van der Waals surface area contributed by atoms with Crippen LogP contribution in [0.3, 0.4) is 0 Å². The normalized spacial score (nSPS) is 14.4. The van der Waals surface area contributed by atoms with Gasteiger partial charge in [0, 0.05) is 61.0 Å². The number of rotatable bonds is 8. The molecule has 2 heterocycles. The molecule has 1 aliphatic heterocycles. The van der Waals surface area contributed by atoms with Crippen LogP contribution in [0, 0.1) is 5.41 Å². The quantitative estimate of drug-likeness (QED) is 0.169. The maximum absolute atomic E-state index is 9.75. The molecule has 0 radical (unpaired) electrons. The van der Waals surface area contributed by atoms with Crippen LogP contribution in [0.5, 0.6) is 5.75 Å². The van der Waals surface area contributed by atoms with Gasteiger partial charge in [0.2, 0.25) is 5.52 Å². The lowest BCUT2D eigenvalue weighted by atomic mass is 9.89. The van der Waals surface area contributed by atoms with Crippen LogP contribution in [0.1, 0.15) is 52.2 Å². The standard InChI is InChI=1S/C32H39N2O2.BF4/c1-6-33(7-2)26-16-17-28-25(22-31(32(3,4)5)36-30(28)23-26)13-10-12-24-18-20-34(19-11-21-35)29-15-9-8-14-27(24)29;2-1(3,4)5/h8-10,12-18,20,22-23,35H,6-7,11,19,21H2,1-5H3;/q+1;-1. The third-order valence-corrected chi connectivity index (χ3v) is 6.72. The van der Waals surface area contributed by atoms with Gasteiger partial charge in [0.25, 0.3) is 0 Å². The first kappa shape index (κ1) is 31.9. The minimum atomic E-state index is -6.00. The van der Waals surface area contributed by atoms with Crippen LogP contribution in [-0.2, 0) is 6.54 Å². The molecule has 2 aromatic carbocycles. The van der Waals surface area contributed by atoms with Crippen LogP contribution in [0.4, 0.5) is 23.0 Å². The molecule has 0 bridgehead atoms. The molecule has 0 amide bonds. The first-order valence-corrected chi connectivity index (χ1v) is 13.9. The molecule has 1 aliphatic rings. The second-order valence-corrected chi connectivity index (χ2v) is 10.7. The summed E-state index contributed by atoms with van der Waals surface area (Å²) in [5.74, 6) is 1.89. The van der Waals surface area contributed by atoms with Crippen LogP contribution < -0.4 is 14.2 Å². The minimum Gasteiger partial charge on any atom is -0.460 e. The second kappa shape index (κ2) is 13.9. The molecular weight excluding hydrogens is 531 g/mol. The number of hydrogen-bond acceptors (Lipinski definition) is 3. The van der Waals surface area contributed by atoms with Crippen molar-refractivity contribution < 1.29 is 31.7 Å². The number of allylic oxidation sites excluding steroid dienone is 5. The summed E-state index contributed by atoms with van der Waals surface area (Å²) in [6.45, 7) is 13.9. The Labute approximate surface area is 240 Å². The van der Waals surface area contributed by atoms with Gasteiger partial charge in [-0.05, 0) is 49.3 Å². The van der Waals surface area contributed by atoms with Crippen molar-refractivity contribution in [2.45, 2.75) is 47.6 Å². The number of benzene rings is 2.